The molecule has 1 aromatic heterocycles. The quantitative estimate of drug-likeness (QED) is 0.683. The summed E-state index contributed by atoms with van der Waals surface area (Å²) in [4.78, 5) is 13.9. The van der Waals surface area contributed by atoms with Crippen molar-refractivity contribution in [3.8, 4) is 0 Å². The van der Waals surface area contributed by atoms with Crippen molar-refractivity contribution in [3.05, 3.63) is 36.0 Å². The Morgan fingerprint density at radius 1 is 1.29 bits per heavy atom. The largest absolute Gasteiger partial charge is 0.481 e. The molecule has 0 bridgehead atoms. The molecule has 3 N–H and O–H groups in total. The van der Waals surface area contributed by atoms with E-state index in [9.17, 15) is 4.79 Å². The molecule has 2 atom stereocenters. The van der Waals surface area contributed by atoms with Gasteiger partial charge in [0, 0.05) is 24.2 Å². The van der Waals surface area contributed by atoms with E-state index in [1.54, 1.807) is 0 Å². The van der Waals surface area contributed by atoms with Crippen LogP contribution in [0.5, 0.6) is 0 Å². The molecule has 130 valence electrons. The van der Waals surface area contributed by atoms with Crippen molar-refractivity contribution >= 4 is 16.9 Å². The van der Waals surface area contributed by atoms with E-state index in [2.05, 4.69) is 34.6 Å². The van der Waals surface area contributed by atoms with E-state index in [0.717, 1.165) is 25.8 Å². The molecular formula is C20H28N2O2. The maximum atomic E-state index is 10.6. The maximum Gasteiger partial charge on any atom is 0.303 e. The van der Waals surface area contributed by atoms with Crippen LogP contribution in [0.15, 0.2) is 30.5 Å². The summed E-state index contributed by atoms with van der Waals surface area (Å²) in [7, 11) is 0. The molecule has 1 saturated carbocycles. The van der Waals surface area contributed by atoms with E-state index in [4.69, 9.17) is 5.11 Å². The Labute approximate surface area is 143 Å². The van der Waals surface area contributed by atoms with Gasteiger partial charge < -0.3 is 15.4 Å². The van der Waals surface area contributed by atoms with E-state index in [0.29, 0.717) is 18.4 Å². The van der Waals surface area contributed by atoms with Crippen molar-refractivity contribution in [2.75, 3.05) is 6.54 Å². The summed E-state index contributed by atoms with van der Waals surface area (Å²) in [6.45, 7) is 1.02. The SMILES string of the molecule is O=C(O)CCCC1CCCC(NCCc2ccc3[nH]ccc3c2)C1. The lowest BCUT2D eigenvalue weighted by Crippen LogP contribution is -2.35. The number of nitrogens with one attached hydrogen (secondary N) is 2. The number of carboxylic acid groups (broad SMARTS) is 1. The summed E-state index contributed by atoms with van der Waals surface area (Å²) in [5, 5.41) is 13.8. The second-order valence-corrected chi connectivity index (χ2v) is 7.12. The summed E-state index contributed by atoms with van der Waals surface area (Å²) >= 11 is 0. The fourth-order valence-electron chi connectivity index (χ4n) is 3.96. The molecule has 1 heterocycles. The van der Waals surface area contributed by atoms with Crippen LogP contribution in [0.2, 0.25) is 0 Å². The minimum atomic E-state index is -0.667. The Balaban J connectivity index is 1.40. The number of aromatic nitrogens is 1. The predicted octanol–water partition coefficient (Wildman–Crippen LogP) is 4.11. The van der Waals surface area contributed by atoms with Gasteiger partial charge in [-0.1, -0.05) is 18.9 Å². The van der Waals surface area contributed by atoms with Crippen molar-refractivity contribution in [2.24, 2.45) is 5.92 Å². The van der Waals surface area contributed by atoms with Crippen molar-refractivity contribution < 1.29 is 9.90 Å². The summed E-state index contributed by atoms with van der Waals surface area (Å²) in [5.74, 6) is 0.0340. The fourth-order valence-corrected chi connectivity index (χ4v) is 3.96. The lowest BCUT2D eigenvalue weighted by Gasteiger charge is -2.30. The van der Waals surface area contributed by atoms with E-state index in [1.165, 1.54) is 42.1 Å². The first-order chi connectivity index (χ1) is 11.7. The van der Waals surface area contributed by atoms with Gasteiger partial charge in [-0.3, -0.25) is 4.79 Å². The average molecular weight is 328 g/mol. The highest BCUT2D eigenvalue weighted by Crippen LogP contribution is 2.28. The van der Waals surface area contributed by atoms with Gasteiger partial charge in [0.05, 0.1) is 0 Å². The summed E-state index contributed by atoms with van der Waals surface area (Å²) < 4.78 is 0. The minimum Gasteiger partial charge on any atom is -0.481 e. The number of rotatable bonds is 8. The molecule has 4 nitrogen and oxygen atoms in total. The van der Waals surface area contributed by atoms with E-state index >= 15 is 0 Å². The number of hydrogen-bond acceptors (Lipinski definition) is 2. The third-order valence-corrected chi connectivity index (χ3v) is 5.25. The summed E-state index contributed by atoms with van der Waals surface area (Å²) in [5.41, 5.74) is 2.58. The van der Waals surface area contributed by atoms with Gasteiger partial charge in [-0.15, -0.1) is 0 Å². The van der Waals surface area contributed by atoms with Crippen molar-refractivity contribution in [1.29, 1.82) is 0 Å². The zero-order chi connectivity index (χ0) is 16.8. The number of benzene rings is 1. The number of hydrogen-bond donors (Lipinski definition) is 3. The van der Waals surface area contributed by atoms with Crippen LogP contribution in [0.3, 0.4) is 0 Å². The van der Waals surface area contributed by atoms with Gasteiger partial charge in [0.15, 0.2) is 0 Å². The van der Waals surface area contributed by atoms with Gasteiger partial charge in [-0.2, -0.15) is 0 Å². The first kappa shape index (κ1) is 17.0. The number of fused-ring (bicyclic) bond motifs is 1. The predicted molar refractivity (Wildman–Crippen MR) is 97.2 cm³/mol. The topological polar surface area (TPSA) is 65.1 Å². The van der Waals surface area contributed by atoms with Crippen LogP contribution in [-0.2, 0) is 11.2 Å². The van der Waals surface area contributed by atoms with Crippen molar-refractivity contribution in [1.82, 2.24) is 10.3 Å². The molecule has 24 heavy (non-hydrogen) atoms. The molecule has 0 radical (unpaired) electrons. The molecule has 0 spiro atoms. The third-order valence-electron chi connectivity index (χ3n) is 5.25. The van der Waals surface area contributed by atoms with Crippen LogP contribution in [0.25, 0.3) is 10.9 Å². The smallest absolute Gasteiger partial charge is 0.303 e. The zero-order valence-corrected chi connectivity index (χ0v) is 14.3. The van der Waals surface area contributed by atoms with Gasteiger partial charge >= 0.3 is 5.97 Å². The number of aliphatic carboxylic acids is 1. The molecule has 2 unspecified atom stereocenters. The normalized spacial score (nSPS) is 21.2. The molecule has 1 aliphatic rings. The van der Waals surface area contributed by atoms with Crippen LogP contribution in [0.4, 0.5) is 0 Å². The lowest BCUT2D eigenvalue weighted by atomic mass is 9.82. The standard InChI is InChI=1S/C20H28N2O2/c23-20(24)6-2-4-15-3-1-5-18(14-15)21-11-9-16-7-8-19-17(13-16)10-12-22-19/h7-8,10,12-13,15,18,21-22H,1-6,9,11,14H2,(H,23,24). The molecule has 0 aliphatic heterocycles. The molecule has 2 aromatic rings. The zero-order valence-electron chi connectivity index (χ0n) is 14.3. The Hall–Kier alpha value is -1.81. The highest BCUT2D eigenvalue weighted by atomic mass is 16.4. The molecule has 1 aliphatic carbocycles. The van der Waals surface area contributed by atoms with E-state index < -0.39 is 5.97 Å². The highest BCUT2D eigenvalue weighted by molar-refractivity contribution is 5.79. The second-order valence-electron chi connectivity index (χ2n) is 7.12. The number of H-pyrrole nitrogens is 1. The Morgan fingerprint density at radius 2 is 2.21 bits per heavy atom. The maximum absolute atomic E-state index is 10.6. The highest BCUT2D eigenvalue weighted by Gasteiger charge is 2.21. The molecule has 0 amide bonds. The van der Waals surface area contributed by atoms with E-state index in [-0.39, 0.29) is 0 Å². The van der Waals surface area contributed by atoms with Gasteiger partial charge in [0.1, 0.15) is 0 Å². The fraction of sp³-hybridized carbons (Fsp3) is 0.550. The molecule has 1 fully saturated rings. The van der Waals surface area contributed by atoms with Crippen LogP contribution < -0.4 is 5.32 Å². The van der Waals surface area contributed by atoms with Crippen LogP contribution in [0.1, 0.15) is 50.5 Å². The Morgan fingerprint density at radius 3 is 3.08 bits per heavy atom. The lowest BCUT2D eigenvalue weighted by molar-refractivity contribution is -0.137. The van der Waals surface area contributed by atoms with Crippen molar-refractivity contribution in [2.45, 2.75) is 57.4 Å². The molecule has 1 aromatic carbocycles. The van der Waals surface area contributed by atoms with E-state index in [1.807, 2.05) is 6.20 Å². The first-order valence-corrected chi connectivity index (χ1v) is 9.22. The molecular weight excluding hydrogens is 300 g/mol. The van der Waals surface area contributed by atoms with Gasteiger partial charge in [0.2, 0.25) is 0 Å². The average Bonchev–Trinajstić information content (AvgIpc) is 3.03. The van der Waals surface area contributed by atoms with Crippen LogP contribution >= 0.6 is 0 Å². The minimum absolute atomic E-state index is 0.316. The van der Waals surface area contributed by atoms with Crippen LogP contribution in [-0.4, -0.2) is 28.6 Å². The summed E-state index contributed by atoms with van der Waals surface area (Å²) in [6, 6.07) is 9.35. The third kappa shape index (κ3) is 4.84. The first-order valence-electron chi connectivity index (χ1n) is 9.22. The Bertz CT molecular complexity index is 664. The van der Waals surface area contributed by atoms with Crippen LogP contribution in [0, 0.1) is 5.92 Å². The number of carboxylic acids is 1. The molecule has 3 rings (SSSR count). The molecule has 4 heteroatoms. The monoisotopic (exact) mass is 328 g/mol. The van der Waals surface area contributed by atoms with Gasteiger partial charge in [-0.25, -0.2) is 0 Å². The second kappa shape index (κ2) is 8.34. The Kier molecular flexibility index (Phi) is 5.91. The van der Waals surface area contributed by atoms with Gasteiger partial charge in [0.25, 0.3) is 0 Å². The van der Waals surface area contributed by atoms with Gasteiger partial charge in [-0.05, 0) is 73.7 Å². The molecule has 0 saturated heterocycles. The van der Waals surface area contributed by atoms with Crippen molar-refractivity contribution in [3.63, 3.8) is 0 Å². The number of carbonyl (C=O) groups is 1. The number of aromatic amines is 1. The summed E-state index contributed by atoms with van der Waals surface area (Å²) in [6.07, 6.45) is 10.2.